The zero-order valence-corrected chi connectivity index (χ0v) is 12.7. The third-order valence-electron chi connectivity index (χ3n) is 4.17. The number of carbonyl (C=O) groups is 1. The molecule has 0 spiro atoms. The van der Waals surface area contributed by atoms with Gasteiger partial charge in [-0.05, 0) is 27.2 Å². The highest BCUT2D eigenvalue weighted by atomic mass is 16.5. The van der Waals surface area contributed by atoms with E-state index < -0.39 is 0 Å². The fraction of sp³-hybridized carbons (Fsp3) is 0.714. The average molecular weight is 280 g/mol. The normalized spacial score (nSPS) is 23.8. The lowest BCUT2D eigenvalue weighted by Gasteiger charge is -2.43. The van der Waals surface area contributed by atoms with E-state index in [0.717, 1.165) is 30.0 Å². The van der Waals surface area contributed by atoms with Crippen molar-refractivity contribution >= 4 is 11.6 Å². The number of rotatable bonds is 4. The standard InChI is InChI=1S/C14H24N4O2/c1-5-14(4)9-20-7-6-18(14)8-12(19)15-13-10(2)16-17-11(13)3/h5-9H2,1-4H3,(H,15,19)(H,16,17). The third-order valence-corrected chi connectivity index (χ3v) is 4.17. The highest BCUT2D eigenvalue weighted by molar-refractivity contribution is 5.93. The van der Waals surface area contributed by atoms with E-state index in [9.17, 15) is 4.79 Å². The first-order valence-electron chi connectivity index (χ1n) is 7.10. The number of nitrogens with one attached hydrogen (secondary N) is 2. The lowest BCUT2D eigenvalue weighted by atomic mass is 9.96. The molecule has 2 rings (SSSR count). The molecule has 112 valence electrons. The molecule has 1 aliphatic rings. The molecule has 1 fully saturated rings. The molecule has 1 atom stereocenters. The summed E-state index contributed by atoms with van der Waals surface area (Å²) in [6.45, 7) is 10.6. The monoisotopic (exact) mass is 280 g/mol. The Morgan fingerprint density at radius 1 is 1.55 bits per heavy atom. The molecule has 0 aromatic carbocycles. The van der Waals surface area contributed by atoms with Crippen LogP contribution in [0.5, 0.6) is 0 Å². The maximum Gasteiger partial charge on any atom is 0.238 e. The van der Waals surface area contributed by atoms with Crippen LogP contribution in [0.4, 0.5) is 5.69 Å². The van der Waals surface area contributed by atoms with E-state index >= 15 is 0 Å². The van der Waals surface area contributed by atoms with Crippen LogP contribution in [0.3, 0.4) is 0 Å². The minimum atomic E-state index is -0.0594. The Morgan fingerprint density at radius 2 is 2.30 bits per heavy atom. The molecule has 1 unspecified atom stereocenters. The molecule has 0 radical (unpaired) electrons. The minimum absolute atomic E-state index is 0.000764. The van der Waals surface area contributed by atoms with Crippen LogP contribution >= 0.6 is 0 Å². The molecule has 2 N–H and O–H groups in total. The summed E-state index contributed by atoms with van der Waals surface area (Å²) in [5.74, 6) is -0.000764. The van der Waals surface area contributed by atoms with Gasteiger partial charge in [-0.1, -0.05) is 6.92 Å². The maximum absolute atomic E-state index is 12.3. The SMILES string of the molecule is CCC1(C)COCCN1CC(=O)Nc1c(C)n[nH]c1C. The van der Waals surface area contributed by atoms with Gasteiger partial charge in [0.2, 0.25) is 5.91 Å². The van der Waals surface area contributed by atoms with Crippen LogP contribution in [0.1, 0.15) is 31.7 Å². The molecule has 2 heterocycles. The number of anilines is 1. The van der Waals surface area contributed by atoms with Crippen LogP contribution in [-0.4, -0.2) is 52.8 Å². The number of hydrogen-bond donors (Lipinski definition) is 2. The van der Waals surface area contributed by atoms with Crippen molar-refractivity contribution in [3.05, 3.63) is 11.4 Å². The van der Waals surface area contributed by atoms with E-state index in [1.165, 1.54) is 0 Å². The molecule has 1 aromatic heterocycles. The highest BCUT2D eigenvalue weighted by Crippen LogP contribution is 2.23. The first kappa shape index (κ1) is 15.0. The molecule has 0 bridgehead atoms. The van der Waals surface area contributed by atoms with Crippen molar-refractivity contribution < 1.29 is 9.53 Å². The van der Waals surface area contributed by atoms with Crippen molar-refractivity contribution in [3.63, 3.8) is 0 Å². The average Bonchev–Trinajstić information content (AvgIpc) is 2.73. The topological polar surface area (TPSA) is 70.2 Å². The minimum Gasteiger partial charge on any atom is -0.378 e. The van der Waals surface area contributed by atoms with E-state index in [1.807, 2.05) is 13.8 Å². The summed E-state index contributed by atoms with van der Waals surface area (Å²) in [6, 6.07) is 0. The van der Waals surface area contributed by atoms with E-state index in [0.29, 0.717) is 19.8 Å². The van der Waals surface area contributed by atoms with E-state index in [4.69, 9.17) is 4.74 Å². The van der Waals surface area contributed by atoms with Crippen LogP contribution in [0.15, 0.2) is 0 Å². The number of morpholine rings is 1. The Kier molecular flexibility index (Phi) is 4.45. The number of aromatic nitrogens is 2. The van der Waals surface area contributed by atoms with E-state index in [-0.39, 0.29) is 11.4 Å². The first-order chi connectivity index (χ1) is 9.46. The van der Waals surface area contributed by atoms with Gasteiger partial charge >= 0.3 is 0 Å². The predicted molar refractivity (Wildman–Crippen MR) is 77.8 cm³/mol. The smallest absolute Gasteiger partial charge is 0.238 e. The lowest BCUT2D eigenvalue weighted by Crippen LogP contribution is -2.56. The zero-order valence-electron chi connectivity index (χ0n) is 12.7. The van der Waals surface area contributed by atoms with Gasteiger partial charge in [-0.25, -0.2) is 0 Å². The number of aromatic amines is 1. The molecule has 6 nitrogen and oxygen atoms in total. The molecule has 6 heteroatoms. The van der Waals surface area contributed by atoms with Gasteiger partial charge in [0, 0.05) is 12.1 Å². The van der Waals surface area contributed by atoms with Crippen LogP contribution in [0.2, 0.25) is 0 Å². The molecule has 1 amide bonds. The summed E-state index contributed by atoms with van der Waals surface area (Å²) in [6.07, 6.45) is 0.962. The molecule has 0 aliphatic carbocycles. The summed E-state index contributed by atoms with van der Waals surface area (Å²) in [5.41, 5.74) is 2.43. The van der Waals surface area contributed by atoms with Gasteiger partial charge in [0.15, 0.2) is 0 Å². The van der Waals surface area contributed by atoms with Crippen LogP contribution in [0.25, 0.3) is 0 Å². The predicted octanol–water partition coefficient (Wildman–Crippen LogP) is 1.47. The molecular formula is C14H24N4O2. The van der Waals surface area contributed by atoms with Crippen LogP contribution < -0.4 is 5.32 Å². The second-order valence-corrected chi connectivity index (χ2v) is 5.68. The molecule has 20 heavy (non-hydrogen) atoms. The summed E-state index contributed by atoms with van der Waals surface area (Å²) in [7, 11) is 0. The Balaban J connectivity index is 2.00. The van der Waals surface area contributed by atoms with Crippen molar-refractivity contribution in [1.29, 1.82) is 0 Å². The third kappa shape index (κ3) is 3.02. The maximum atomic E-state index is 12.3. The first-order valence-corrected chi connectivity index (χ1v) is 7.10. The van der Waals surface area contributed by atoms with Crippen molar-refractivity contribution in [1.82, 2.24) is 15.1 Å². The van der Waals surface area contributed by atoms with Crippen molar-refractivity contribution in [2.45, 2.75) is 39.7 Å². The van der Waals surface area contributed by atoms with E-state index in [2.05, 4.69) is 34.3 Å². The molecule has 1 saturated heterocycles. The Morgan fingerprint density at radius 3 is 2.90 bits per heavy atom. The van der Waals surface area contributed by atoms with Gasteiger partial charge in [0.05, 0.1) is 36.8 Å². The molecular weight excluding hydrogens is 256 g/mol. The Hall–Kier alpha value is -1.40. The van der Waals surface area contributed by atoms with Gasteiger partial charge in [-0.15, -0.1) is 0 Å². The number of H-pyrrole nitrogens is 1. The number of amides is 1. The number of ether oxygens (including phenoxy) is 1. The van der Waals surface area contributed by atoms with E-state index in [1.54, 1.807) is 0 Å². The number of nitrogens with zero attached hydrogens (tertiary/aromatic N) is 2. The number of carbonyl (C=O) groups excluding carboxylic acids is 1. The van der Waals surface area contributed by atoms with Gasteiger partial charge in [0.25, 0.3) is 0 Å². The lowest BCUT2D eigenvalue weighted by molar-refractivity contribution is -0.123. The zero-order chi connectivity index (χ0) is 14.8. The van der Waals surface area contributed by atoms with Gasteiger partial charge < -0.3 is 10.1 Å². The summed E-state index contributed by atoms with van der Waals surface area (Å²) < 4.78 is 5.54. The van der Waals surface area contributed by atoms with Crippen molar-refractivity contribution in [2.24, 2.45) is 0 Å². The fourth-order valence-electron chi connectivity index (χ4n) is 2.51. The van der Waals surface area contributed by atoms with Crippen molar-refractivity contribution in [3.8, 4) is 0 Å². The second kappa shape index (κ2) is 5.93. The largest absolute Gasteiger partial charge is 0.378 e. The summed E-state index contributed by atoms with van der Waals surface area (Å²) in [4.78, 5) is 14.5. The summed E-state index contributed by atoms with van der Waals surface area (Å²) in [5, 5.41) is 9.91. The highest BCUT2D eigenvalue weighted by Gasteiger charge is 2.34. The Labute approximate surface area is 119 Å². The fourth-order valence-corrected chi connectivity index (χ4v) is 2.51. The summed E-state index contributed by atoms with van der Waals surface area (Å²) >= 11 is 0. The number of hydrogen-bond acceptors (Lipinski definition) is 4. The quantitative estimate of drug-likeness (QED) is 0.876. The molecule has 0 saturated carbocycles. The van der Waals surface area contributed by atoms with Gasteiger partial charge in [-0.3, -0.25) is 14.8 Å². The molecule has 1 aliphatic heterocycles. The van der Waals surface area contributed by atoms with Gasteiger partial charge in [0.1, 0.15) is 0 Å². The Bertz CT molecular complexity index is 466. The van der Waals surface area contributed by atoms with Crippen LogP contribution in [-0.2, 0) is 9.53 Å². The number of aryl methyl sites for hydroxylation is 2. The van der Waals surface area contributed by atoms with Crippen molar-refractivity contribution in [2.75, 3.05) is 31.6 Å². The van der Waals surface area contributed by atoms with Gasteiger partial charge in [-0.2, -0.15) is 5.10 Å². The van der Waals surface area contributed by atoms with Crippen LogP contribution in [0, 0.1) is 13.8 Å². The second-order valence-electron chi connectivity index (χ2n) is 5.68. The molecule has 1 aromatic rings.